The molecule has 0 saturated heterocycles. The molecule has 1 amide bonds. The molecular weight excluding hydrogens is 324 g/mol. The van der Waals surface area contributed by atoms with Crippen LogP contribution >= 0.6 is 0 Å². The second kappa shape index (κ2) is 7.49. The molecule has 0 aliphatic heterocycles. The van der Waals surface area contributed by atoms with Crippen molar-refractivity contribution < 1.29 is 13.2 Å². The van der Waals surface area contributed by atoms with Crippen LogP contribution in [0.2, 0.25) is 0 Å². The molecule has 5 nitrogen and oxygen atoms in total. The van der Waals surface area contributed by atoms with Gasteiger partial charge in [0.05, 0.1) is 10.6 Å². The zero-order chi connectivity index (χ0) is 17.7. The number of sulfonamides is 1. The number of nitrogens with zero attached hydrogens (tertiary/aromatic N) is 2. The molecule has 0 N–H and O–H groups in total. The van der Waals surface area contributed by atoms with E-state index in [9.17, 15) is 13.2 Å². The molecule has 0 bridgehead atoms. The van der Waals surface area contributed by atoms with E-state index in [1.54, 1.807) is 55.3 Å². The highest BCUT2D eigenvalue weighted by atomic mass is 32.2. The van der Waals surface area contributed by atoms with Crippen molar-refractivity contribution >= 4 is 21.6 Å². The van der Waals surface area contributed by atoms with Crippen molar-refractivity contribution in [3.8, 4) is 0 Å². The molecule has 0 aromatic heterocycles. The molecule has 2 aromatic carbocycles. The van der Waals surface area contributed by atoms with Gasteiger partial charge in [-0.2, -0.15) is 0 Å². The van der Waals surface area contributed by atoms with E-state index < -0.39 is 10.0 Å². The van der Waals surface area contributed by atoms with Crippen LogP contribution < -0.4 is 4.31 Å². The maximum atomic E-state index is 13.0. The Balaban J connectivity index is 2.44. The van der Waals surface area contributed by atoms with Gasteiger partial charge in [0.2, 0.25) is 0 Å². The SMILES string of the molecule is CCN(C)C(=O)c1cccc(S(=O)(=O)N(CC)c2ccccc2)c1. The van der Waals surface area contributed by atoms with Crippen molar-refractivity contribution in [3.05, 3.63) is 60.2 Å². The first-order valence-corrected chi connectivity index (χ1v) is 9.29. The summed E-state index contributed by atoms with van der Waals surface area (Å²) >= 11 is 0. The highest BCUT2D eigenvalue weighted by Gasteiger charge is 2.24. The highest BCUT2D eigenvalue weighted by molar-refractivity contribution is 7.92. The molecule has 24 heavy (non-hydrogen) atoms. The summed E-state index contributed by atoms with van der Waals surface area (Å²) in [5.74, 6) is -0.197. The van der Waals surface area contributed by atoms with E-state index in [1.165, 1.54) is 16.4 Å². The Hall–Kier alpha value is -2.34. The van der Waals surface area contributed by atoms with E-state index in [2.05, 4.69) is 0 Å². The topological polar surface area (TPSA) is 57.7 Å². The van der Waals surface area contributed by atoms with Crippen molar-refractivity contribution in [2.45, 2.75) is 18.7 Å². The van der Waals surface area contributed by atoms with E-state index in [0.717, 1.165) is 0 Å². The highest BCUT2D eigenvalue weighted by Crippen LogP contribution is 2.24. The van der Waals surface area contributed by atoms with E-state index in [-0.39, 0.29) is 10.8 Å². The Kier molecular flexibility index (Phi) is 5.62. The summed E-state index contributed by atoms with van der Waals surface area (Å²) in [5.41, 5.74) is 0.965. The van der Waals surface area contributed by atoms with Crippen molar-refractivity contribution in [1.82, 2.24) is 4.90 Å². The van der Waals surface area contributed by atoms with Gasteiger partial charge in [-0.3, -0.25) is 9.10 Å². The van der Waals surface area contributed by atoms with Crippen molar-refractivity contribution in [2.75, 3.05) is 24.4 Å². The van der Waals surface area contributed by atoms with Gasteiger partial charge < -0.3 is 4.90 Å². The molecule has 6 heteroatoms. The molecule has 0 atom stereocenters. The first kappa shape index (κ1) is 18.0. The average Bonchev–Trinajstić information content (AvgIpc) is 2.61. The molecule has 2 rings (SSSR count). The zero-order valence-electron chi connectivity index (χ0n) is 14.1. The van der Waals surface area contributed by atoms with Gasteiger partial charge >= 0.3 is 0 Å². The van der Waals surface area contributed by atoms with Crippen LogP contribution in [-0.2, 0) is 10.0 Å². The molecule has 0 unspecified atom stereocenters. The quantitative estimate of drug-likeness (QED) is 0.808. The second-order valence-electron chi connectivity index (χ2n) is 5.35. The van der Waals surface area contributed by atoms with Gasteiger partial charge in [-0.05, 0) is 44.2 Å². The van der Waals surface area contributed by atoms with Crippen LogP contribution in [0.15, 0.2) is 59.5 Å². The molecule has 0 radical (unpaired) electrons. The minimum atomic E-state index is -3.73. The van der Waals surface area contributed by atoms with Gasteiger partial charge in [-0.25, -0.2) is 8.42 Å². The monoisotopic (exact) mass is 346 g/mol. The second-order valence-corrected chi connectivity index (χ2v) is 7.21. The number of hydrogen-bond donors (Lipinski definition) is 0. The predicted molar refractivity (Wildman–Crippen MR) is 95.7 cm³/mol. The number of carbonyl (C=O) groups is 1. The molecule has 0 spiro atoms. The number of para-hydroxylation sites is 1. The van der Waals surface area contributed by atoms with Crippen LogP contribution in [0.5, 0.6) is 0 Å². The molecular formula is C18H22N2O3S. The smallest absolute Gasteiger partial charge is 0.264 e. The van der Waals surface area contributed by atoms with E-state index in [1.807, 2.05) is 13.0 Å². The summed E-state index contributed by atoms with van der Waals surface area (Å²) in [6.45, 7) is 4.51. The lowest BCUT2D eigenvalue weighted by atomic mass is 10.2. The average molecular weight is 346 g/mol. The Morgan fingerprint density at radius 1 is 0.958 bits per heavy atom. The number of benzene rings is 2. The fourth-order valence-corrected chi connectivity index (χ4v) is 3.89. The van der Waals surface area contributed by atoms with Gasteiger partial charge in [0, 0.05) is 25.7 Å². The fraction of sp³-hybridized carbons (Fsp3) is 0.278. The molecule has 0 heterocycles. The van der Waals surface area contributed by atoms with Gasteiger partial charge in [0.15, 0.2) is 0 Å². The zero-order valence-corrected chi connectivity index (χ0v) is 15.0. The van der Waals surface area contributed by atoms with E-state index in [4.69, 9.17) is 0 Å². The first-order chi connectivity index (χ1) is 11.4. The Labute approximate surface area is 143 Å². The molecule has 0 aliphatic rings. The Bertz CT molecular complexity index is 804. The van der Waals surface area contributed by atoms with Gasteiger partial charge in [0.25, 0.3) is 15.9 Å². The van der Waals surface area contributed by atoms with Crippen LogP contribution in [-0.4, -0.2) is 39.4 Å². The van der Waals surface area contributed by atoms with Gasteiger partial charge in [-0.1, -0.05) is 24.3 Å². The van der Waals surface area contributed by atoms with Gasteiger partial charge in [-0.15, -0.1) is 0 Å². The number of hydrogen-bond acceptors (Lipinski definition) is 3. The normalized spacial score (nSPS) is 11.1. The van der Waals surface area contributed by atoms with E-state index >= 15 is 0 Å². The summed E-state index contributed by atoms with van der Waals surface area (Å²) in [4.78, 5) is 13.9. The van der Waals surface area contributed by atoms with Crippen LogP contribution in [0.4, 0.5) is 5.69 Å². The predicted octanol–water partition coefficient (Wildman–Crippen LogP) is 2.99. The maximum Gasteiger partial charge on any atom is 0.264 e. The van der Waals surface area contributed by atoms with Crippen molar-refractivity contribution in [2.24, 2.45) is 0 Å². The summed E-state index contributed by atoms with van der Waals surface area (Å²) in [7, 11) is -2.04. The van der Waals surface area contributed by atoms with Gasteiger partial charge in [0.1, 0.15) is 0 Å². The Morgan fingerprint density at radius 2 is 1.62 bits per heavy atom. The minimum absolute atomic E-state index is 0.114. The van der Waals surface area contributed by atoms with Crippen LogP contribution in [0.25, 0.3) is 0 Å². The number of amides is 1. The summed E-state index contributed by atoms with van der Waals surface area (Å²) < 4.78 is 27.3. The number of anilines is 1. The van der Waals surface area contributed by atoms with Crippen LogP contribution in [0.1, 0.15) is 24.2 Å². The first-order valence-electron chi connectivity index (χ1n) is 7.85. The lowest BCUT2D eigenvalue weighted by molar-refractivity contribution is 0.0802. The molecule has 128 valence electrons. The van der Waals surface area contributed by atoms with Crippen molar-refractivity contribution in [3.63, 3.8) is 0 Å². The third-order valence-corrected chi connectivity index (χ3v) is 5.72. The largest absolute Gasteiger partial charge is 0.342 e. The molecule has 0 fully saturated rings. The minimum Gasteiger partial charge on any atom is -0.342 e. The lowest BCUT2D eigenvalue weighted by Crippen LogP contribution is -2.31. The number of rotatable bonds is 6. The number of carbonyl (C=O) groups excluding carboxylic acids is 1. The summed E-state index contributed by atoms with van der Waals surface area (Å²) in [6, 6.07) is 15.1. The van der Waals surface area contributed by atoms with E-state index in [0.29, 0.717) is 24.3 Å². The molecule has 0 saturated carbocycles. The lowest BCUT2D eigenvalue weighted by Gasteiger charge is -2.23. The standard InChI is InChI=1S/C18H22N2O3S/c1-4-19(3)18(21)15-10-9-13-17(14-15)24(22,23)20(5-2)16-11-7-6-8-12-16/h6-14H,4-5H2,1-3H3. The maximum absolute atomic E-state index is 13.0. The molecule has 2 aromatic rings. The summed E-state index contributed by atoms with van der Waals surface area (Å²) in [6.07, 6.45) is 0. The molecule has 0 aliphatic carbocycles. The Morgan fingerprint density at radius 3 is 2.21 bits per heavy atom. The fourth-order valence-electron chi connectivity index (χ4n) is 2.37. The van der Waals surface area contributed by atoms with Crippen LogP contribution in [0.3, 0.4) is 0 Å². The van der Waals surface area contributed by atoms with Crippen molar-refractivity contribution in [1.29, 1.82) is 0 Å². The third kappa shape index (κ3) is 3.59. The van der Waals surface area contributed by atoms with Crippen LogP contribution in [0, 0.1) is 0 Å². The summed E-state index contributed by atoms with van der Waals surface area (Å²) in [5, 5.41) is 0. The third-order valence-electron chi connectivity index (χ3n) is 3.82.